The number of hydrogen-bond acceptors (Lipinski definition) is 6. The molecule has 0 amide bonds. The lowest BCUT2D eigenvalue weighted by molar-refractivity contribution is 0.00578. The summed E-state index contributed by atoms with van der Waals surface area (Å²) in [5, 5.41) is 9.11. The lowest BCUT2D eigenvalue weighted by Crippen LogP contribution is -2.41. The minimum atomic E-state index is -0.580. The molecule has 2 aliphatic rings. The molecular formula is C20H25BN4O3. The predicted molar refractivity (Wildman–Crippen MR) is 107 cm³/mol. The van der Waals surface area contributed by atoms with Crippen molar-refractivity contribution in [2.24, 2.45) is 0 Å². The van der Waals surface area contributed by atoms with Gasteiger partial charge in [0.2, 0.25) is 0 Å². The van der Waals surface area contributed by atoms with E-state index in [4.69, 9.17) is 19.0 Å². The Labute approximate surface area is 164 Å². The number of para-hydroxylation sites is 2. The molecule has 0 radical (unpaired) electrons. The summed E-state index contributed by atoms with van der Waals surface area (Å²) in [6.07, 6.45) is 1.90. The summed E-state index contributed by atoms with van der Waals surface area (Å²) in [5.41, 5.74) is 2.40. The van der Waals surface area contributed by atoms with E-state index in [0.717, 1.165) is 42.9 Å². The highest BCUT2D eigenvalue weighted by Crippen LogP contribution is 2.37. The Kier molecular flexibility index (Phi) is 4.02. The largest absolute Gasteiger partial charge is 0.518 e. The Hall–Kier alpha value is -2.03. The number of ether oxygens (including phenoxy) is 1. The van der Waals surface area contributed by atoms with E-state index in [1.54, 1.807) is 0 Å². The first-order valence-corrected chi connectivity index (χ1v) is 9.94. The van der Waals surface area contributed by atoms with Gasteiger partial charge in [-0.2, -0.15) is 0 Å². The van der Waals surface area contributed by atoms with Crippen LogP contribution in [0.4, 0.5) is 0 Å². The fourth-order valence-corrected chi connectivity index (χ4v) is 3.96. The van der Waals surface area contributed by atoms with Crippen molar-refractivity contribution < 1.29 is 14.0 Å². The highest BCUT2D eigenvalue weighted by molar-refractivity contribution is 6.63. The summed E-state index contributed by atoms with van der Waals surface area (Å²) in [7, 11) is -0.580. The quantitative estimate of drug-likeness (QED) is 0.637. The molecule has 28 heavy (non-hydrogen) atoms. The summed E-state index contributed by atoms with van der Waals surface area (Å²) < 4.78 is 20.2. The second-order valence-electron chi connectivity index (χ2n) is 8.68. The zero-order chi connectivity index (χ0) is 19.5. The molecule has 2 aliphatic heterocycles. The third kappa shape index (κ3) is 2.66. The van der Waals surface area contributed by atoms with Crippen molar-refractivity contribution in [1.29, 1.82) is 0 Å². The highest BCUT2D eigenvalue weighted by Gasteiger charge is 2.53. The minimum absolute atomic E-state index is 0.320. The molecule has 0 atom stereocenters. The van der Waals surface area contributed by atoms with E-state index in [9.17, 15) is 0 Å². The van der Waals surface area contributed by atoms with Gasteiger partial charge in [-0.25, -0.2) is 0 Å². The van der Waals surface area contributed by atoms with Gasteiger partial charge in [-0.3, -0.25) is 9.38 Å². The molecule has 0 spiro atoms. The van der Waals surface area contributed by atoms with E-state index >= 15 is 0 Å². The van der Waals surface area contributed by atoms with Gasteiger partial charge in [0.25, 0.3) is 0 Å². The number of fused-ring (bicyclic) bond motifs is 3. The van der Waals surface area contributed by atoms with Gasteiger partial charge in [-0.1, -0.05) is 12.1 Å². The molecule has 2 saturated heterocycles. The van der Waals surface area contributed by atoms with Crippen molar-refractivity contribution in [3.8, 4) is 0 Å². The molecule has 5 rings (SSSR count). The molecular weight excluding hydrogens is 355 g/mol. The molecule has 7 nitrogen and oxygen atoms in total. The SMILES string of the molecule is CC1(C)OB(c2nc3ccccc3n3c(C4CCOCC4)nnc23)OC1(C)C. The van der Waals surface area contributed by atoms with Crippen LogP contribution in [0.25, 0.3) is 16.7 Å². The summed E-state index contributed by atoms with van der Waals surface area (Å²) in [6.45, 7) is 9.69. The third-order valence-corrected chi connectivity index (χ3v) is 6.34. The van der Waals surface area contributed by atoms with E-state index in [0.29, 0.717) is 17.2 Å². The molecule has 3 aromatic rings. The summed E-state index contributed by atoms with van der Waals surface area (Å²) in [6, 6.07) is 8.09. The van der Waals surface area contributed by atoms with Crippen molar-refractivity contribution in [3.05, 3.63) is 30.1 Å². The second kappa shape index (κ2) is 6.24. The molecule has 2 aromatic heterocycles. The van der Waals surface area contributed by atoms with E-state index in [2.05, 4.69) is 20.7 Å². The zero-order valence-corrected chi connectivity index (χ0v) is 16.8. The van der Waals surface area contributed by atoms with Crippen LogP contribution in [0.1, 0.15) is 52.3 Å². The first-order chi connectivity index (χ1) is 13.4. The minimum Gasteiger partial charge on any atom is -0.398 e. The van der Waals surface area contributed by atoms with Crippen molar-refractivity contribution in [2.45, 2.75) is 57.7 Å². The Morgan fingerprint density at radius 2 is 1.68 bits per heavy atom. The monoisotopic (exact) mass is 380 g/mol. The van der Waals surface area contributed by atoms with Crippen LogP contribution >= 0.6 is 0 Å². The lowest BCUT2D eigenvalue weighted by Gasteiger charge is -2.32. The van der Waals surface area contributed by atoms with Gasteiger partial charge in [0.15, 0.2) is 5.65 Å². The van der Waals surface area contributed by atoms with Crippen LogP contribution < -0.4 is 5.59 Å². The number of rotatable bonds is 2. The maximum atomic E-state index is 6.28. The third-order valence-electron chi connectivity index (χ3n) is 6.34. The van der Waals surface area contributed by atoms with E-state index < -0.39 is 18.3 Å². The first-order valence-electron chi connectivity index (χ1n) is 9.94. The van der Waals surface area contributed by atoms with Crippen LogP contribution in [-0.2, 0) is 14.0 Å². The summed E-state index contributed by atoms with van der Waals surface area (Å²) in [5.74, 6) is 1.29. The number of aromatic nitrogens is 4. The number of nitrogens with zero attached hydrogens (tertiary/aromatic N) is 4. The van der Waals surface area contributed by atoms with Crippen LogP contribution in [-0.4, -0.2) is 51.1 Å². The molecule has 8 heteroatoms. The standard InChI is InChI=1S/C20H25BN4O3/c1-19(2)20(3,4)28-21(27-19)16-18-24-23-17(13-9-11-26-12-10-13)25(18)15-8-6-5-7-14(15)22-16/h5-8,13H,9-12H2,1-4H3. The van der Waals surface area contributed by atoms with Gasteiger partial charge < -0.3 is 14.0 Å². The maximum absolute atomic E-state index is 6.28. The van der Waals surface area contributed by atoms with Crippen molar-refractivity contribution in [1.82, 2.24) is 19.6 Å². The highest BCUT2D eigenvalue weighted by atomic mass is 16.7. The average molecular weight is 380 g/mol. The molecule has 0 N–H and O–H groups in total. The van der Waals surface area contributed by atoms with Gasteiger partial charge in [0.05, 0.1) is 22.2 Å². The van der Waals surface area contributed by atoms with Crippen LogP contribution in [0.3, 0.4) is 0 Å². The van der Waals surface area contributed by atoms with E-state index in [-0.39, 0.29) is 0 Å². The molecule has 2 fully saturated rings. The second-order valence-corrected chi connectivity index (χ2v) is 8.68. The molecule has 0 bridgehead atoms. The van der Waals surface area contributed by atoms with Gasteiger partial charge in [-0.15, -0.1) is 10.2 Å². The van der Waals surface area contributed by atoms with Crippen molar-refractivity contribution in [3.63, 3.8) is 0 Å². The van der Waals surface area contributed by atoms with E-state index in [1.165, 1.54) is 0 Å². The summed E-state index contributed by atoms with van der Waals surface area (Å²) >= 11 is 0. The molecule has 146 valence electrons. The van der Waals surface area contributed by atoms with Crippen molar-refractivity contribution >= 4 is 29.4 Å². The molecule has 0 saturated carbocycles. The fourth-order valence-electron chi connectivity index (χ4n) is 3.96. The van der Waals surface area contributed by atoms with Crippen LogP contribution in [0.5, 0.6) is 0 Å². The van der Waals surface area contributed by atoms with Crippen molar-refractivity contribution in [2.75, 3.05) is 13.2 Å². The van der Waals surface area contributed by atoms with Crippen LogP contribution in [0.15, 0.2) is 24.3 Å². The van der Waals surface area contributed by atoms with Crippen LogP contribution in [0.2, 0.25) is 0 Å². The smallest absolute Gasteiger partial charge is 0.398 e. The Bertz CT molecular complexity index is 1030. The average Bonchev–Trinajstić information content (AvgIpc) is 3.21. The molecule has 4 heterocycles. The number of hydrogen-bond donors (Lipinski definition) is 0. The first kappa shape index (κ1) is 18.0. The van der Waals surface area contributed by atoms with Gasteiger partial charge in [-0.05, 0) is 52.7 Å². The number of benzene rings is 1. The lowest BCUT2D eigenvalue weighted by atomic mass is 9.84. The van der Waals surface area contributed by atoms with Gasteiger partial charge in [0, 0.05) is 19.1 Å². The zero-order valence-electron chi connectivity index (χ0n) is 16.8. The Morgan fingerprint density at radius 3 is 2.39 bits per heavy atom. The normalized spacial score (nSPS) is 22.4. The van der Waals surface area contributed by atoms with Gasteiger partial charge in [0.1, 0.15) is 11.4 Å². The van der Waals surface area contributed by atoms with Gasteiger partial charge >= 0.3 is 7.12 Å². The molecule has 0 unspecified atom stereocenters. The molecule has 1 aromatic carbocycles. The Morgan fingerprint density at radius 1 is 1.00 bits per heavy atom. The predicted octanol–water partition coefficient (Wildman–Crippen LogP) is 2.47. The summed E-state index contributed by atoms with van der Waals surface area (Å²) in [4.78, 5) is 4.88. The topological polar surface area (TPSA) is 70.8 Å². The molecule has 0 aliphatic carbocycles. The Balaban J connectivity index is 1.71. The fraction of sp³-hybridized carbons (Fsp3) is 0.550. The maximum Gasteiger partial charge on any atom is 0.518 e. The van der Waals surface area contributed by atoms with E-state index in [1.807, 2.05) is 45.9 Å². The van der Waals surface area contributed by atoms with Crippen LogP contribution in [0, 0.1) is 0 Å².